The summed E-state index contributed by atoms with van der Waals surface area (Å²) >= 11 is 0. The molecule has 0 unspecified atom stereocenters. The molecule has 1 N–H and O–H groups in total. The number of rotatable bonds is 5. The summed E-state index contributed by atoms with van der Waals surface area (Å²) in [7, 11) is 0. The lowest BCUT2D eigenvalue weighted by atomic mass is 10.1. The first-order chi connectivity index (χ1) is 15.3. The van der Waals surface area contributed by atoms with Crippen molar-refractivity contribution in [3.05, 3.63) is 104 Å². The van der Waals surface area contributed by atoms with Gasteiger partial charge < -0.3 is 5.32 Å². The third-order valence-corrected chi connectivity index (χ3v) is 5.41. The molecule has 0 saturated heterocycles. The summed E-state index contributed by atoms with van der Waals surface area (Å²) in [5.41, 5.74) is 4.01. The average molecular weight is 428 g/mol. The van der Waals surface area contributed by atoms with E-state index in [0.717, 1.165) is 32.5 Å². The molecule has 0 aliphatic carbocycles. The Bertz CT molecular complexity index is 1410. The summed E-state index contributed by atoms with van der Waals surface area (Å²) in [6.07, 6.45) is 1.50. The summed E-state index contributed by atoms with van der Waals surface area (Å²) in [4.78, 5) is 43.4. The number of carbonyl (C=O) groups is 1. The number of anilines is 1. The van der Waals surface area contributed by atoms with Crippen LogP contribution in [0.2, 0.25) is 0 Å². The molecule has 0 aliphatic heterocycles. The van der Waals surface area contributed by atoms with Gasteiger partial charge >= 0.3 is 5.69 Å². The van der Waals surface area contributed by atoms with E-state index in [1.807, 2.05) is 63.2 Å². The van der Waals surface area contributed by atoms with Crippen molar-refractivity contribution in [1.29, 1.82) is 0 Å². The van der Waals surface area contributed by atoms with Crippen LogP contribution in [0.5, 0.6) is 0 Å². The molecular formula is C25H24N4O3. The van der Waals surface area contributed by atoms with Crippen molar-refractivity contribution in [3.63, 3.8) is 0 Å². The molecule has 0 aliphatic rings. The highest BCUT2D eigenvalue weighted by Gasteiger charge is 2.17. The van der Waals surface area contributed by atoms with Gasteiger partial charge in [-0.2, -0.15) is 0 Å². The lowest BCUT2D eigenvalue weighted by molar-refractivity contribution is -0.116. The van der Waals surface area contributed by atoms with Crippen LogP contribution in [0.4, 0.5) is 5.69 Å². The Kier molecular flexibility index (Phi) is 5.73. The van der Waals surface area contributed by atoms with E-state index in [0.29, 0.717) is 5.52 Å². The Hall–Kier alpha value is -4.00. The maximum Gasteiger partial charge on any atom is 0.332 e. The lowest BCUT2D eigenvalue weighted by Gasteiger charge is -2.16. The van der Waals surface area contributed by atoms with Gasteiger partial charge in [0.15, 0.2) is 5.52 Å². The molecule has 0 atom stereocenters. The van der Waals surface area contributed by atoms with Gasteiger partial charge in [0.05, 0.1) is 12.1 Å². The number of aromatic nitrogens is 3. The molecule has 32 heavy (non-hydrogen) atoms. The molecular weight excluding hydrogens is 404 g/mol. The molecule has 1 amide bonds. The SMILES string of the molecule is Cc1cc(C)c(NC(=O)Cn2c(=O)n(Cc3ccccc3)c(=O)c3ncccc32)c(C)c1. The number of carbonyl (C=O) groups excluding carboxylic acids is 1. The zero-order chi connectivity index (χ0) is 22.8. The summed E-state index contributed by atoms with van der Waals surface area (Å²) in [6, 6.07) is 16.5. The third-order valence-electron chi connectivity index (χ3n) is 5.41. The van der Waals surface area contributed by atoms with Crippen molar-refractivity contribution in [2.75, 3.05) is 5.32 Å². The van der Waals surface area contributed by atoms with E-state index in [1.165, 1.54) is 10.8 Å². The number of nitrogens with one attached hydrogen (secondary N) is 1. The second-order valence-corrected chi connectivity index (χ2v) is 7.94. The topological polar surface area (TPSA) is 86.0 Å². The van der Waals surface area contributed by atoms with Crippen molar-refractivity contribution < 1.29 is 4.79 Å². The largest absolute Gasteiger partial charge is 0.332 e. The Morgan fingerprint density at radius 3 is 2.31 bits per heavy atom. The molecule has 0 saturated carbocycles. The van der Waals surface area contributed by atoms with E-state index < -0.39 is 11.2 Å². The van der Waals surface area contributed by atoms with Crippen molar-refractivity contribution >= 4 is 22.6 Å². The first-order valence-corrected chi connectivity index (χ1v) is 10.3. The van der Waals surface area contributed by atoms with Crippen molar-refractivity contribution in [3.8, 4) is 0 Å². The fourth-order valence-corrected chi connectivity index (χ4v) is 4.00. The van der Waals surface area contributed by atoms with Crippen LogP contribution in [0.3, 0.4) is 0 Å². The Morgan fingerprint density at radius 1 is 0.938 bits per heavy atom. The van der Waals surface area contributed by atoms with Crippen molar-refractivity contribution in [2.24, 2.45) is 0 Å². The summed E-state index contributed by atoms with van der Waals surface area (Å²) in [5.74, 6) is -0.350. The Labute approximate surface area is 185 Å². The average Bonchev–Trinajstić information content (AvgIpc) is 2.77. The van der Waals surface area contributed by atoms with Gasteiger partial charge in [0.25, 0.3) is 5.56 Å². The molecule has 0 bridgehead atoms. The number of aryl methyl sites for hydroxylation is 3. The van der Waals surface area contributed by atoms with Crippen molar-refractivity contribution in [2.45, 2.75) is 33.9 Å². The number of benzene rings is 2. The van der Waals surface area contributed by atoms with E-state index >= 15 is 0 Å². The second-order valence-electron chi connectivity index (χ2n) is 7.94. The molecule has 0 spiro atoms. The molecule has 4 rings (SSSR count). The molecule has 2 aromatic heterocycles. The summed E-state index contributed by atoms with van der Waals surface area (Å²) in [5, 5.41) is 2.92. The first kappa shape index (κ1) is 21.2. The summed E-state index contributed by atoms with van der Waals surface area (Å²) in [6.45, 7) is 5.73. The molecule has 0 radical (unpaired) electrons. The highest BCUT2D eigenvalue weighted by molar-refractivity contribution is 5.93. The van der Waals surface area contributed by atoms with Gasteiger partial charge in [0, 0.05) is 11.9 Å². The zero-order valence-electron chi connectivity index (χ0n) is 18.3. The quantitative estimate of drug-likeness (QED) is 0.529. The maximum absolute atomic E-state index is 13.3. The van der Waals surface area contributed by atoms with Gasteiger partial charge in [-0.3, -0.25) is 18.7 Å². The predicted octanol–water partition coefficient (Wildman–Crippen LogP) is 3.17. The number of nitrogens with zero attached hydrogens (tertiary/aromatic N) is 3. The van der Waals surface area contributed by atoms with E-state index in [9.17, 15) is 14.4 Å². The van der Waals surface area contributed by atoms with E-state index in [4.69, 9.17) is 0 Å². The van der Waals surface area contributed by atoms with Gasteiger partial charge in [0.1, 0.15) is 6.54 Å². The smallest absolute Gasteiger partial charge is 0.324 e. The second kappa shape index (κ2) is 8.63. The number of hydrogen-bond donors (Lipinski definition) is 1. The van der Waals surface area contributed by atoms with Crippen LogP contribution in [0, 0.1) is 20.8 Å². The minimum Gasteiger partial charge on any atom is -0.324 e. The predicted molar refractivity (Wildman–Crippen MR) is 125 cm³/mol. The highest BCUT2D eigenvalue weighted by Crippen LogP contribution is 2.22. The molecule has 2 heterocycles. The van der Waals surface area contributed by atoms with Crippen LogP contribution in [-0.4, -0.2) is 20.0 Å². The van der Waals surface area contributed by atoms with Gasteiger partial charge in [-0.05, 0) is 49.6 Å². The number of fused-ring (bicyclic) bond motifs is 1. The fraction of sp³-hybridized carbons (Fsp3) is 0.200. The molecule has 2 aromatic carbocycles. The maximum atomic E-state index is 13.3. The summed E-state index contributed by atoms with van der Waals surface area (Å²) < 4.78 is 2.43. The van der Waals surface area contributed by atoms with Gasteiger partial charge in [0.2, 0.25) is 5.91 Å². The molecule has 4 aromatic rings. The van der Waals surface area contributed by atoms with E-state index in [1.54, 1.807) is 12.1 Å². The standard InChI is InChI=1S/C25H24N4O3/c1-16-12-17(2)22(18(3)13-16)27-21(30)15-28-20-10-7-11-26-23(20)24(31)29(25(28)32)14-19-8-5-4-6-9-19/h4-13H,14-15H2,1-3H3,(H,27,30). The lowest BCUT2D eigenvalue weighted by Crippen LogP contribution is -2.42. The van der Waals surface area contributed by atoms with Crippen LogP contribution in [0.15, 0.2) is 70.4 Å². The van der Waals surface area contributed by atoms with Crippen LogP contribution >= 0.6 is 0 Å². The monoisotopic (exact) mass is 428 g/mol. The van der Waals surface area contributed by atoms with Gasteiger partial charge in [-0.1, -0.05) is 48.0 Å². The van der Waals surface area contributed by atoms with Crippen LogP contribution < -0.4 is 16.6 Å². The van der Waals surface area contributed by atoms with Crippen molar-refractivity contribution in [1.82, 2.24) is 14.1 Å². The normalized spacial score (nSPS) is 11.0. The van der Waals surface area contributed by atoms with Crippen LogP contribution in [0.25, 0.3) is 11.0 Å². The molecule has 162 valence electrons. The number of hydrogen-bond acceptors (Lipinski definition) is 4. The Balaban J connectivity index is 1.76. The number of amides is 1. The zero-order valence-corrected chi connectivity index (χ0v) is 18.3. The van der Waals surface area contributed by atoms with E-state index in [-0.39, 0.29) is 24.5 Å². The van der Waals surface area contributed by atoms with Crippen LogP contribution in [-0.2, 0) is 17.9 Å². The van der Waals surface area contributed by atoms with Gasteiger partial charge in [-0.15, -0.1) is 0 Å². The minimum atomic E-state index is -0.549. The first-order valence-electron chi connectivity index (χ1n) is 10.3. The molecule has 0 fully saturated rings. The molecule has 7 heteroatoms. The minimum absolute atomic E-state index is 0.100. The third kappa shape index (κ3) is 4.09. The van der Waals surface area contributed by atoms with E-state index in [2.05, 4.69) is 10.3 Å². The van der Waals surface area contributed by atoms with Crippen LogP contribution in [0.1, 0.15) is 22.3 Å². The van der Waals surface area contributed by atoms with Gasteiger partial charge in [-0.25, -0.2) is 9.78 Å². The Morgan fingerprint density at radius 2 is 1.62 bits per heavy atom. The number of pyridine rings is 1. The molecule has 7 nitrogen and oxygen atoms in total. The fourth-order valence-electron chi connectivity index (χ4n) is 4.00. The highest BCUT2D eigenvalue weighted by atomic mass is 16.2.